The van der Waals surface area contributed by atoms with Crippen LogP contribution in [0.25, 0.3) is 0 Å². The van der Waals surface area contributed by atoms with Gasteiger partial charge < -0.3 is 29.6 Å². The van der Waals surface area contributed by atoms with Gasteiger partial charge in [-0.2, -0.15) is 0 Å². The number of carbonyl (C=O) groups is 5. The second kappa shape index (κ2) is 19.2. The maximum Gasteiger partial charge on any atom is 0.437 e. The SMILES string of the molecule is CC(C)(C)OC(=O)/N=C(/NC(=O)OC(C)(C)C)Nc1ccc(C(=O)Oc2ccc(CCCC(=O)N[C@@H](Cc3ccccc3)C(=O)OC(C)(C)C)c(Cl)c2)cc1. The van der Waals surface area contributed by atoms with Crippen LogP contribution in [0.1, 0.15) is 96.6 Å². The van der Waals surface area contributed by atoms with Crippen LogP contribution in [0.4, 0.5) is 15.3 Å². The first-order valence-corrected chi connectivity index (χ1v) is 18.2. The van der Waals surface area contributed by atoms with E-state index in [1.54, 1.807) is 74.4 Å². The van der Waals surface area contributed by atoms with Crippen molar-refractivity contribution in [3.8, 4) is 5.75 Å². The summed E-state index contributed by atoms with van der Waals surface area (Å²) in [5.74, 6) is -1.48. The molecule has 14 heteroatoms. The van der Waals surface area contributed by atoms with Gasteiger partial charge in [-0.3, -0.25) is 10.1 Å². The van der Waals surface area contributed by atoms with E-state index in [9.17, 15) is 24.0 Å². The Morgan fingerprint density at radius 3 is 1.96 bits per heavy atom. The molecule has 3 amide bonds. The van der Waals surface area contributed by atoms with Gasteiger partial charge >= 0.3 is 24.1 Å². The van der Waals surface area contributed by atoms with Gasteiger partial charge in [-0.1, -0.05) is 48.0 Å². The second-order valence-corrected chi connectivity index (χ2v) is 16.0. The Morgan fingerprint density at radius 1 is 0.764 bits per heavy atom. The first-order chi connectivity index (χ1) is 25.5. The van der Waals surface area contributed by atoms with Crippen LogP contribution in [0.5, 0.6) is 5.75 Å². The van der Waals surface area contributed by atoms with Gasteiger partial charge in [0.2, 0.25) is 11.9 Å². The van der Waals surface area contributed by atoms with Crippen LogP contribution < -0.4 is 20.7 Å². The van der Waals surface area contributed by atoms with Crippen molar-refractivity contribution in [1.82, 2.24) is 10.6 Å². The lowest BCUT2D eigenvalue weighted by Crippen LogP contribution is -2.45. The number of aryl methyl sites for hydroxylation is 1. The van der Waals surface area contributed by atoms with E-state index in [2.05, 4.69) is 20.9 Å². The molecule has 55 heavy (non-hydrogen) atoms. The number of carbonyl (C=O) groups excluding carboxylic acids is 5. The molecule has 0 aliphatic carbocycles. The molecule has 0 saturated carbocycles. The van der Waals surface area contributed by atoms with Gasteiger partial charge in [-0.25, -0.2) is 19.2 Å². The van der Waals surface area contributed by atoms with Gasteiger partial charge in [0.05, 0.1) is 5.56 Å². The number of benzene rings is 3. The molecule has 3 rings (SSSR count). The van der Waals surface area contributed by atoms with Crippen LogP contribution in [-0.4, -0.2) is 58.8 Å². The van der Waals surface area contributed by atoms with Crippen molar-refractivity contribution in [2.24, 2.45) is 4.99 Å². The molecule has 296 valence electrons. The number of hydrogen-bond acceptors (Lipinski definition) is 9. The highest BCUT2D eigenvalue weighted by molar-refractivity contribution is 6.31. The van der Waals surface area contributed by atoms with E-state index in [-0.39, 0.29) is 29.6 Å². The van der Waals surface area contributed by atoms with E-state index >= 15 is 0 Å². The zero-order chi connectivity index (χ0) is 41.0. The number of guanidine groups is 1. The van der Waals surface area contributed by atoms with Crippen molar-refractivity contribution < 1.29 is 42.9 Å². The Labute approximate surface area is 327 Å². The molecule has 0 fully saturated rings. The van der Waals surface area contributed by atoms with Crippen LogP contribution in [0.15, 0.2) is 77.8 Å². The van der Waals surface area contributed by atoms with Gasteiger partial charge in [-0.15, -0.1) is 4.99 Å². The zero-order valence-electron chi connectivity index (χ0n) is 32.8. The highest BCUT2D eigenvalue weighted by Crippen LogP contribution is 2.25. The summed E-state index contributed by atoms with van der Waals surface area (Å²) >= 11 is 6.52. The molecule has 0 saturated heterocycles. The average molecular weight is 779 g/mol. The number of nitrogens with one attached hydrogen (secondary N) is 3. The third kappa shape index (κ3) is 17.1. The van der Waals surface area contributed by atoms with E-state index in [0.29, 0.717) is 30.0 Å². The minimum absolute atomic E-state index is 0.150. The Morgan fingerprint density at radius 2 is 1.38 bits per heavy atom. The zero-order valence-corrected chi connectivity index (χ0v) is 33.6. The highest BCUT2D eigenvalue weighted by Gasteiger charge is 2.27. The van der Waals surface area contributed by atoms with Crippen LogP contribution >= 0.6 is 11.6 Å². The number of amides is 3. The third-order valence-corrected chi connectivity index (χ3v) is 7.35. The minimum Gasteiger partial charge on any atom is -0.458 e. The fourth-order valence-electron chi connectivity index (χ4n) is 4.77. The lowest BCUT2D eigenvalue weighted by molar-refractivity contribution is -0.158. The van der Waals surface area contributed by atoms with Crippen molar-refractivity contribution in [3.63, 3.8) is 0 Å². The Bertz CT molecular complexity index is 1840. The maximum absolute atomic E-state index is 13.0. The van der Waals surface area contributed by atoms with Crippen molar-refractivity contribution in [3.05, 3.63) is 94.5 Å². The van der Waals surface area contributed by atoms with Gasteiger partial charge in [0.1, 0.15) is 28.6 Å². The van der Waals surface area contributed by atoms with Gasteiger partial charge in [-0.05, 0) is 123 Å². The smallest absolute Gasteiger partial charge is 0.437 e. The number of rotatable bonds is 11. The van der Waals surface area contributed by atoms with Crippen LogP contribution in [-0.2, 0) is 36.6 Å². The molecular formula is C41H51ClN4O9. The van der Waals surface area contributed by atoms with Crippen molar-refractivity contribution in [2.75, 3.05) is 5.32 Å². The Hall–Kier alpha value is -5.43. The summed E-state index contributed by atoms with van der Waals surface area (Å²) in [6.45, 7) is 15.4. The van der Waals surface area contributed by atoms with Gasteiger partial charge in [0.25, 0.3) is 0 Å². The fraction of sp³-hybridized carbons (Fsp3) is 0.415. The third-order valence-electron chi connectivity index (χ3n) is 6.99. The minimum atomic E-state index is -0.940. The fourth-order valence-corrected chi connectivity index (χ4v) is 5.04. The molecule has 0 aromatic heterocycles. The lowest BCUT2D eigenvalue weighted by Gasteiger charge is -2.24. The van der Waals surface area contributed by atoms with E-state index in [1.807, 2.05) is 30.3 Å². The van der Waals surface area contributed by atoms with Crippen molar-refractivity contribution in [2.45, 2.75) is 111 Å². The monoisotopic (exact) mass is 778 g/mol. The molecular weight excluding hydrogens is 728 g/mol. The molecule has 0 aliphatic heterocycles. The predicted octanol–water partition coefficient (Wildman–Crippen LogP) is 8.18. The lowest BCUT2D eigenvalue weighted by atomic mass is 10.0. The number of ether oxygens (including phenoxy) is 4. The predicted molar refractivity (Wildman–Crippen MR) is 210 cm³/mol. The number of esters is 2. The second-order valence-electron chi connectivity index (χ2n) is 15.6. The summed E-state index contributed by atoms with van der Waals surface area (Å²) in [6.07, 6.45) is -0.419. The van der Waals surface area contributed by atoms with Crippen molar-refractivity contribution >= 4 is 53.3 Å². The normalized spacial score (nSPS) is 12.5. The van der Waals surface area contributed by atoms with Crippen LogP contribution in [0.2, 0.25) is 5.02 Å². The Balaban J connectivity index is 1.58. The summed E-state index contributed by atoms with van der Waals surface area (Å²) < 4.78 is 21.6. The first-order valence-electron chi connectivity index (χ1n) is 17.8. The quantitative estimate of drug-likeness (QED) is 0.0567. The average Bonchev–Trinajstić information content (AvgIpc) is 3.03. The van der Waals surface area contributed by atoms with Gasteiger partial charge in [0.15, 0.2) is 0 Å². The molecule has 0 heterocycles. The Kier molecular flexibility index (Phi) is 15.4. The molecule has 0 bridgehead atoms. The molecule has 3 aromatic carbocycles. The number of halogens is 1. The summed E-state index contributed by atoms with van der Waals surface area (Å²) in [5, 5.41) is 8.40. The molecule has 0 aliphatic rings. The largest absolute Gasteiger partial charge is 0.458 e. The van der Waals surface area contributed by atoms with Crippen LogP contribution in [0, 0.1) is 0 Å². The molecule has 3 aromatic rings. The number of anilines is 1. The highest BCUT2D eigenvalue weighted by atomic mass is 35.5. The number of aliphatic imine (C=N–C) groups is 1. The summed E-state index contributed by atoms with van der Waals surface area (Å²) in [6, 6.07) is 19.4. The number of nitrogens with zero attached hydrogens (tertiary/aromatic N) is 1. The molecule has 0 radical (unpaired) electrons. The number of hydrogen-bond donors (Lipinski definition) is 3. The molecule has 13 nitrogen and oxygen atoms in total. The summed E-state index contributed by atoms with van der Waals surface area (Å²) in [7, 11) is 0. The van der Waals surface area contributed by atoms with Crippen LogP contribution in [0.3, 0.4) is 0 Å². The molecule has 3 N–H and O–H groups in total. The summed E-state index contributed by atoms with van der Waals surface area (Å²) in [4.78, 5) is 67.3. The van der Waals surface area contributed by atoms with E-state index in [1.165, 1.54) is 30.3 Å². The van der Waals surface area contributed by atoms with E-state index < -0.39 is 47.0 Å². The number of alkyl carbamates (subject to hydrolysis) is 1. The van der Waals surface area contributed by atoms with E-state index in [0.717, 1.165) is 11.1 Å². The standard InChI is InChI=1S/C41H51ClN4O9/c1-39(2,3)53-35(49)32(24-26-14-11-10-12-15-26)44-33(47)17-13-16-27-20-23-30(25-31(27)42)52-34(48)28-18-21-29(22-19-28)43-36(45-37(50)54-40(4,5)6)46-38(51)55-41(7,8)9/h10-12,14-15,18-23,25,32H,13,16-17,24H2,1-9H3,(H,44,47)(H2,43,45,46,50,51)/t32-/m0/s1. The molecule has 0 spiro atoms. The van der Waals surface area contributed by atoms with Crippen molar-refractivity contribution in [1.29, 1.82) is 0 Å². The first kappa shape index (κ1) is 44.0. The maximum atomic E-state index is 13.0. The molecule has 1 atom stereocenters. The molecule has 0 unspecified atom stereocenters. The van der Waals surface area contributed by atoms with Gasteiger partial charge in [0, 0.05) is 23.6 Å². The van der Waals surface area contributed by atoms with E-state index in [4.69, 9.17) is 30.5 Å². The topological polar surface area (TPSA) is 171 Å². The summed E-state index contributed by atoms with van der Waals surface area (Å²) in [5.41, 5.74) is -0.0866.